The topological polar surface area (TPSA) is 53.1 Å². The molecular weight excluding hydrogens is 361 g/mol. The molecule has 0 saturated heterocycles. The molecule has 0 aliphatic heterocycles. The number of halogens is 2. The molecule has 0 fully saturated rings. The molecule has 2 rings (SSSR count). The van der Waals surface area contributed by atoms with E-state index in [1.807, 2.05) is 12.1 Å². The van der Waals surface area contributed by atoms with Gasteiger partial charge in [-0.05, 0) is 56.7 Å². The van der Waals surface area contributed by atoms with Gasteiger partial charge in [-0.25, -0.2) is 4.79 Å². The van der Waals surface area contributed by atoms with Gasteiger partial charge in [0, 0.05) is 18.9 Å². The predicted molar refractivity (Wildman–Crippen MR) is 65.7 cm³/mol. The average molecular weight is 366 g/mol. The van der Waals surface area contributed by atoms with Crippen LogP contribution in [0.5, 0.6) is 0 Å². The van der Waals surface area contributed by atoms with Crippen LogP contribution in [0.2, 0.25) is 0 Å². The molecule has 0 aliphatic carbocycles. The molecule has 1 aromatic heterocycles. The molecule has 1 heterocycles. The highest BCUT2D eigenvalue weighted by molar-refractivity contribution is 14.1. The highest BCUT2D eigenvalue weighted by Gasteiger charge is 2.08. The lowest BCUT2D eigenvalue weighted by Crippen LogP contribution is -1.94. The summed E-state index contributed by atoms with van der Waals surface area (Å²) in [6.07, 6.45) is 0. The van der Waals surface area contributed by atoms with Crippen LogP contribution in [0.3, 0.4) is 0 Å². The summed E-state index contributed by atoms with van der Waals surface area (Å²) >= 11 is 5.58. The van der Waals surface area contributed by atoms with Crippen molar-refractivity contribution in [1.82, 2.24) is 4.98 Å². The lowest BCUT2D eigenvalue weighted by atomic mass is 10.2. The molecule has 14 heavy (non-hydrogen) atoms. The number of H-pyrrole nitrogens is 1. The minimum Gasteiger partial charge on any atom is -0.477 e. The van der Waals surface area contributed by atoms with E-state index < -0.39 is 5.97 Å². The Hall–Kier alpha value is -0.560. The van der Waals surface area contributed by atoms with Crippen molar-refractivity contribution in [2.24, 2.45) is 0 Å². The number of aromatic amines is 1. The molecule has 5 heteroatoms. The second-order valence-electron chi connectivity index (χ2n) is 2.84. The minimum atomic E-state index is -0.938. The van der Waals surface area contributed by atoms with Gasteiger partial charge in [0.2, 0.25) is 0 Å². The average Bonchev–Trinajstić information content (AvgIpc) is 2.48. The summed E-state index contributed by atoms with van der Waals surface area (Å²) in [7, 11) is 0. The number of nitrogens with one attached hydrogen (secondary N) is 1. The number of carboxylic acids is 1. The van der Waals surface area contributed by atoms with E-state index in [-0.39, 0.29) is 5.69 Å². The summed E-state index contributed by atoms with van der Waals surface area (Å²) in [5.74, 6) is -0.938. The van der Waals surface area contributed by atoms with Gasteiger partial charge in [0.15, 0.2) is 0 Å². The second kappa shape index (κ2) is 3.54. The van der Waals surface area contributed by atoms with Crippen molar-refractivity contribution in [3.63, 3.8) is 0 Å². The molecule has 0 radical (unpaired) electrons. The standard InChI is InChI=1S/C9H5BrINO2/c10-5-1-4-2-8(9(13)14)12-7(4)3-6(5)11/h1-3,12H,(H,13,14). The summed E-state index contributed by atoms with van der Waals surface area (Å²) in [6, 6.07) is 5.44. The van der Waals surface area contributed by atoms with E-state index in [2.05, 4.69) is 43.5 Å². The molecule has 0 unspecified atom stereocenters. The predicted octanol–water partition coefficient (Wildman–Crippen LogP) is 3.23. The Kier molecular flexibility index (Phi) is 2.52. The number of aromatic nitrogens is 1. The molecule has 2 aromatic rings. The van der Waals surface area contributed by atoms with Crippen LogP contribution in [-0.2, 0) is 0 Å². The Labute approximate surface area is 102 Å². The van der Waals surface area contributed by atoms with E-state index in [4.69, 9.17) is 5.11 Å². The Bertz CT molecular complexity index is 482. The number of aromatic carboxylic acids is 1. The molecule has 0 aliphatic rings. The molecule has 2 N–H and O–H groups in total. The van der Waals surface area contributed by atoms with Crippen LogP contribution in [0, 0.1) is 3.57 Å². The second-order valence-corrected chi connectivity index (χ2v) is 4.86. The maximum absolute atomic E-state index is 10.7. The third kappa shape index (κ3) is 1.66. The Balaban J connectivity index is 2.72. The maximum atomic E-state index is 10.7. The highest BCUT2D eigenvalue weighted by atomic mass is 127. The maximum Gasteiger partial charge on any atom is 0.352 e. The number of rotatable bonds is 1. The van der Waals surface area contributed by atoms with Gasteiger partial charge in [-0.15, -0.1) is 0 Å². The van der Waals surface area contributed by atoms with Gasteiger partial charge in [0.25, 0.3) is 0 Å². The van der Waals surface area contributed by atoms with Crippen LogP contribution < -0.4 is 0 Å². The van der Waals surface area contributed by atoms with Crippen molar-refractivity contribution in [1.29, 1.82) is 0 Å². The summed E-state index contributed by atoms with van der Waals surface area (Å²) in [5.41, 5.74) is 1.06. The van der Waals surface area contributed by atoms with Gasteiger partial charge >= 0.3 is 5.97 Å². The Morgan fingerprint density at radius 2 is 2.14 bits per heavy atom. The molecule has 0 bridgehead atoms. The van der Waals surface area contributed by atoms with Crippen LogP contribution in [0.15, 0.2) is 22.7 Å². The van der Waals surface area contributed by atoms with Gasteiger partial charge in [0.1, 0.15) is 5.69 Å². The Morgan fingerprint density at radius 1 is 1.43 bits per heavy atom. The monoisotopic (exact) mass is 365 g/mol. The van der Waals surface area contributed by atoms with Gasteiger partial charge in [-0.2, -0.15) is 0 Å². The zero-order valence-corrected chi connectivity index (χ0v) is 10.6. The fraction of sp³-hybridized carbons (Fsp3) is 0. The van der Waals surface area contributed by atoms with Crippen LogP contribution in [0.4, 0.5) is 0 Å². The quantitative estimate of drug-likeness (QED) is 0.762. The van der Waals surface area contributed by atoms with Gasteiger partial charge in [-0.1, -0.05) is 0 Å². The van der Waals surface area contributed by atoms with E-state index >= 15 is 0 Å². The first-order valence-corrected chi connectivity index (χ1v) is 5.66. The zero-order chi connectivity index (χ0) is 10.3. The molecule has 3 nitrogen and oxygen atoms in total. The lowest BCUT2D eigenvalue weighted by Gasteiger charge is -1.95. The van der Waals surface area contributed by atoms with Crippen LogP contribution >= 0.6 is 38.5 Å². The third-order valence-corrected chi connectivity index (χ3v) is 4.18. The van der Waals surface area contributed by atoms with Crippen molar-refractivity contribution in [3.05, 3.63) is 31.9 Å². The number of benzene rings is 1. The minimum absolute atomic E-state index is 0.217. The SMILES string of the molecule is O=C(O)c1cc2cc(Br)c(I)cc2[nH]1. The van der Waals surface area contributed by atoms with Crippen LogP contribution in [0.25, 0.3) is 10.9 Å². The first-order valence-electron chi connectivity index (χ1n) is 3.79. The van der Waals surface area contributed by atoms with Crippen molar-refractivity contribution >= 4 is 55.4 Å². The lowest BCUT2D eigenvalue weighted by molar-refractivity contribution is 0.0691. The number of carbonyl (C=O) groups is 1. The fourth-order valence-corrected chi connectivity index (χ4v) is 2.07. The molecule has 0 atom stereocenters. The van der Waals surface area contributed by atoms with Crippen molar-refractivity contribution in [3.8, 4) is 0 Å². The van der Waals surface area contributed by atoms with E-state index in [0.717, 1.165) is 18.9 Å². The van der Waals surface area contributed by atoms with E-state index in [1.165, 1.54) is 0 Å². The fourth-order valence-electron chi connectivity index (χ4n) is 1.24. The van der Waals surface area contributed by atoms with Gasteiger partial charge in [-0.3, -0.25) is 0 Å². The molecule has 72 valence electrons. The molecule has 0 spiro atoms. The van der Waals surface area contributed by atoms with Gasteiger partial charge < -0.3 is 10.1 Å². The van der Waals surface area contributed by atoms with E-state index in [0.29, 0.717) is 0 Å². The third-order valence-electron chi connectivity index (χ3n) is 1.89. The first-order chi connectivity index (χ1) is 6.58. The smallest absolute Gasteiger partial charge is 0.352 e. The summed E-state index contributed by atoms with van der Waals surface area (Å²) in [6.45, 7) is 0. The number of hydrogen-bond acceptors (Lipinski definition) is 1. The molecule has 0 amide bonds. The molecular formula is C9H5BrINO2. The van der Waals surface area contributed by atoms with Crippen molar-refractivity contribution in [2.75, 3.05) is 0 Å². The number of hydrogen-bond donors (Lipinski definition) is 2. The number of fused-ring (bicyclic) bond motifs is 1. The summed E-state index contributed by atoms with van der Waals surface area (Å²) in [4.78, 5) is 13.5. The Morgan fingerprint density at radius 3 is 2.79 bits per heavy atom. The van der Waals surface area contributed by atoms with E-state index in [1.54, 1.807) is 6.07 Å². The van der Waals surface area contributed by atoms with Crippen LogP contribution in [-0.4, -0.2) is 16.1 Å². The largest absolute Gasteiger partial charge is 0.477 e. The molecule has 1 aromatic carbocycles. The highest BCUT2D eigenvalue weighted by Crippen LogP contribution is 2.26. The number of carboxylic acid groups (broad SMARTS) is 1. The van der Waals surface area contributed by atoms with Crippen molar-refractivity contribution in [2.45, 2.75) is 0 Å². The summed E-state index contributed by atoms with van der Waals surface area (Å²) < 4.78 is 2.02. The van der Waals surface area contributed by atoms with Crippen molar-refractivity contribution < 1.29 is 9.90 Å². The van der Waals surface area contributed by atoms with Gasteiger partial charge in [0.05, 0.1) is 0 Å². The summed E-state index contributed by atoms with van der Waals surface area (Å²) in [5, 5.41) is 9.68. The van der Waals surface area contributed by atoms with E-state index in [9.17, 15) is 4.79 Å². The zero-order valence-electron chi connectivity index (χ0n) is 6.84. The first kappa shape index (κ1) is 9.97. The normalized spacial score (nSPS) is 10.7. The molecule has 0 saturated carbocycles. The van der Waals surface area contributed by atoms with Crippen LogP contribution in [0.1, 0.15) is 10.5 Å².